The number of aromatic amines is 1. The number of H-pyrrole nitrogens is 1. The van der Waals surface area contributed by atoms with Gasteiger partial charge in [-0.2, -0.15) is 5.10 Å². The van der Waals surface area contributed by atoms with Crippen LogP contribution in [0, 0.1) is 6.92 Å². The van der Waals surface area contributed by atoms with Crippen molar-refractivity contribution in [3.8, 4) is 11.4 Å². The van der Waals surface area contributed by atoms with Gasteiger partial charge in [-0.05, 0) is 19.1 Å². The highest BCUT2D eigenvalue weighted by atomic mass is 16.1. The first-order chi connectivity index (χ1) is 9.69. The van der Waals surface area contributed by atoms with Gasteiger partial charge in [-0.25, -0.2) is 4.98 Å². The van der Waals surface area contributed by atoms with Crippen LogP contribution in [-0.2, 0) is 4.79 Å². The molecule has 0 aliphatic carbocycles. The Labute approximate surface area is 117 Å². The first-order valence-corrected chi connectivity index (χ1v) is 6.30. The average Bonchev–Trinajstić information content (AvgIpc) is 2.86. The van der Waals surface area contributed by atoms with E-state index in [2.05, 4.69) is 32.4 Å². The van der Waals surface area contributed by atoms with Gasteiger partial charge in [0.15, 0.2) is 5.82 Å². The molecular weight excluding hydrogens is 254 g/mol. The molecule has 0 unspecified atom stereocenters. The first kappa shape index (κ1) is 14.0. The van der Waals surface area contributed by atoms with Gasteiger partial charge in [-0.15, -0.1) is 6.58 Å². The molecular formula is C14H17N5O. The molecule has 0 saturated heterocycles. The summed E-state index contributed by atoms with van der Waals surface area (Å²) in [5.41, 5.74) is 1.57. The smallest absolute Gasteiger partial charge is 0.238 e. The Morgan fingerprint density at radius 3 is 3.05 bits per heavy atom. The number of rotatable bonds is 6. The van der Waals surface area contributed by atoms with Crippen LogP contribution >= 0.6 is 0 Å². The molecule has 104 valence electrons. The summed E-state index contributed by atoms with van der Waals surface area (Å²) in [5.74, 6) is 1.27. The maximum atomic E-state index is 11.7. The van der Waals surface area contributed by atoms with E-state index < -0.39 is 0 Å². The summed E-state index contributed by atoms with van der Waals surface area (Å²) < 4.78 is 0. The summed E-state index contributed by atoms with van der Waals surface area (Å²) in [7, 11) is 0. The van der Waals surface area contributed by atoms with E-state index in [1.165, 1.54) is 0 Å². The predicted molar refractivity (Wildman–Crippen MR) is 78.3 cm³/mol. The van der Waals surface area contributed by atoms with Crippen LogP contribution in [0.15, 0.2) is 36.9 Å². The molecule has 20 heavy (non-hydrogen) atoms. The maximum Gasteiger partial charge on any atom is 0.238 e. The molecule has 3 N–H and O–H groups in total. The third kappa shape index (κ3) is 3.76. The van der Waals surface area contributed by atoms with Gasteiger partial charge in [-0.1, -0.05) is 18.2 Å². The number of anilines is 1. The molecule has 0 bridgehead atoms. The summed E-state index contributed by atoms with van der Waals surface area (Å²) in [4.78, 5) is 16.0. The highest BCUT2D eigenvalue weighted by molar-refractivity contribution is 5.92. The maximum absolute atomic E-state index is 11.7. The van der Waals surface area contributed by atoms with Crippen molar-refractivity contribution in [2.24, 2.45) is 0 Å². The van der Waals surface area contributed by atoms with Gasteiger partial charge in [0, 0.05) is 17.8 Å². The van der Waals surface area contributed by atoms with E-state index >= 15 is 0 Å². The van der Waals surface area contributed by atoms with E-state index in [4.69, 9.17) is 0 Å². The number of amides is 1. The highest BCUT2D eigenvalue weighted by Gasteiger charge is 2.06. The minimum atomic E-state index is -0.102. The second kappa shape index (κ2) is 6.63. The van der Waals surface area contributed by atoms with Crippen molar-refractivity contribution in [1.29, 1.82) is 0 Å². The summed E-state index contributed by atoms with van der Waals surface area (Å²) >= 11 is 0. The first-order valence-electron chi connectivity index (χ1n) is 6.30. The van der Waals surface area contributed by atoms with Gasteiger partial charge in [0.2, 0.25) is 5.91 Å². The number of nitrogens with one attached hydrogen (secondary N) is 3. The summed E-state index contributed by atoms with van der Waals surface area (Å²) in [6.45, 7) is 6.27. The van der Waals surface area contributed by atoms with E-state index in [0.717, 1.165) is 17.1 Å². The van der Waals surface area contributed by atoms with Crippen LogP contribution in [0.4, 0.5) is 5.69 Å². The standard InChI is InChI=1S/C14H17N5O/c1-3-7-15-9-13(20)17-12-6-4-5-11(8-12)14-16-10(2)18-19-14/h3-6,8,15H,1,7,9H2,2H3,(H,17,20)(H,16,18,19). The fourth-order valence-corrected chi connectivity index (χ4v) is 1.70. The normalized spacial score (nSPS) is 10.2. The molecule has 2 aromatic rings. The van der Waals surface area contributed by atoms with Crippen molar-refractivity contribution in [2.75, 3.05) is 18.4 Å². The Hall–Kier alpha value is -2.47. The zero-order valence-corrected chi connectivity index (χ0v) is 11.3. The average molecular weight is 271 g/mol. The molecule has 0 spiro atoms. The predicted octanol–water partition coefficient (Wildman–Crippen LogP) is 1.49. The summed E-state index contributed by atoms with van der Waals surface area (Å²) in [6, 6.07) is 7.42. The molecule has 2 rings (SSSR count). The van der Waals surface area contributed by atoms with Gasteiger partial charge in [-0.3, -0.25) is 9.89 Å². The van der Waals surface area contributed by atoms with E-state index in [0.29, 0.717) is 12.4 Å². The second-order valence-electron chi connectivity index (χ2n) is 4.29. The van der Waals surface area contributed by atoms with Gasteiger partial charge < -0.3 is 10.6 Å². The number of nitrogens with zero attached hydrogens (tertiary/aromatic N) is 2. The topological polar surface area (TPSA) is 82.7 Å². The molecule has 1 amide bonds. The number of aromatic nitrogens is 3. The van der Waals surface area contributed by atoms with E-state index in [1.54, 1.807) is 6.08 Å². The number of hydrogen-bond acceptors (Lipinski definition) is 4. The van der Waals surface area contributed by atoms with Crippen molar-refractivity contribution in [3.63, 3.8) is 0 Å². The molecule has 0 aliphatic rings. The third-order valence-corrected chi connectivity index (χ3v) is 2.58. The molecule has 0 radical (unpaired) electrons. The van der Waals surface area contributed by atoms with E-state index in [9.17, 15) is 4.79 Å². The Kier molecular flexibility index (Phi) is 4.62. The highest BCUT2D eigenvalue weighted by Crippen LogP contribution is 2.19. The SMILES string of the molecule is C=CCNCC(=O)Nc1cccc(-c2n[nH]c(C)n2)c1. The fourth-order valence-electron chi connectivity index (χ4n) is 1.70. The summed E-state index contributed by atoms with van der Waals surface area (Å²) in [5, 5.41) is 12.6. The quantitative estimate of drug-likeness (QED) is 0.549. The van der Waals surface area contributed by atoms with Crippen molar-refractivity contribution in [3.05, 3.63) is 42.7 Å². The monoisotopic (exact) mass is 271 g/mol. The minimum Gasteiger partial charge on any atom is -0.325 e. The van der Waals surface area contributed by atoms with Crippen LogP contribution in [0.25, 0.3) is 11.4 Å². The Bertz CT molecular complexity index is 605. The Morgan fingerprint density at radius 2 is 2.35 bits per heavy atom. The zero-order chi connectivity index (χ0) is 14.4. The number of benzene rings is 1. The van der Waals surface area contributed by atoms with Gasteiger partial charge in [0.05, 0.1) is 6.54 Å². The van der Waals surface area contributed by atoms with Crippen molar-refractivity contribution in [1.82, 2.24) is 20.5 Å². The van der Waals surface area contributed by atoms with Gasteiger partial charge >= 0.3 is 0 Å². The fraction of sp³-hybridized carbons (Fsp3) is 0.214. The van der Waals surface area contributed by atoms with Crippen molar-refractivity contribution < 1.29 is 4.79 Å². The third-order valence-electron chi connectivity index (χ3n) is 2.58. The van der Waals surface area contributed by atoms with Crippen molar-refractivity contribution >= 4 is 11.6 Å². The van der Waals surface area contributed by atoms with Gasteiger partial charge in [0.1, 0.15) is 5.82 Å². The lowest BCUT2D eigenvalue weighted by atomic mass is 10.2. The lowest BCUT2D eigenvalue weighted by Gasteiger charge is -2.06. The van der Waals surface area contributed by atoms with Crippen LogP contribution in [-0.4, -0.2) is 34.2 Å². The molecule has 1 heterocycles. The van der Waals surface area contributed by atoms with Crippen LogP contribution in [0.3, 0.4) is 0 Å². The minimum absolute atomic E-state index is 0.102. The number of hydrogen-bond donors (Lipinski definition) is 3. The number of aryl methyl sites for hydroxylation is 1. The number of carbonyl (C=O) groups excluding carboxylic acids is 1. The van der Waals surface area contributed by atoms with Crippen LogP contribution < -0.4 is 10.6 Å². The molecule has 0 atom stereocenters. The number of carbonyl (C=O) groups is 1. The van der Waals surface area contributed by atoms with Crippen molar-refractivity contribution in [2.45, 2.75) is 6.92 Å². The molecule has 0 fully saturated rings. The van der Waals surface area contributed by atoms with Crippen LogP contribution in [0.2, 0.25) is 0 Å². The van der Waals surface area contributed by atoms with Crippen LogP contribution in [0.1, 0.15) is 5.82 Å². The lowest BCUT2D eigenvalue weighted by molar-refractivity contribution is -0.115. The zero-order valence-electron chi connectivity index (χ0n) is 11.3. The Balaban J connectivity index is 2.02. The summed E-state index contributed by atoms with van der Waals surface area (Å²) in [6.07, 6.45) is 1.71. The van der Waals surface area contributed by atoms with Crippen LogP contribution in [0.5, 0.6) is 0 Å². The lowest BCUT2D eigenvalue weighted by Crippen LogP contribution is -2.28. The van der Waals surface area contributed by atoms with Gasteiger partial charge in [0.25, 0.3) is 0 Å². The molecule has 0 aliphatic heterocycles. The molecule has 1 aromatic carbocycles. The molecule has 6 nitrogen and oxygen atoms in total. The molecule has 0 saturated carbocycles. The molecule has 1 aromatic heterocycles. The van der Waals surface area contributed by atoms with E-state index in [1.807, 2.05) is 31.2 Å². The van der Waals surface area contributed by atoms with E-state index in [-0.39, 0.29) is 12.5 Å². The Morgan fingerprint density at radius 1 is 1.50 bits per heavy atom. The largest absolute Gasteiger partial charge is 0.325 e. The second-order valence-corrected chi connectivity index (χ2v) is 4.29. The molecule has 6 heteroatoms.